The van der Waals surface area contributed by atoms with Crippen molar-refractivity contribution in [2.24, 2.45) is 0 Å². The van der Waals surface area contributed by atoms with Crippen molar-refractivity contribution < 1.29 is 24.5 Å². The molecule has 0 unspecified atom stereocenters. The monoisotopic (exact) mass is 323 g/mol. The van der Waals surface area contributed by atoms with Gasteiger partial charge in [-0.05, 0) is 70.3 Å². The van der Waals surface area contributed by atoms with Gasteiger partial charge in [0, 0.05) is 0 Å². The molecule has 0 radical (unpaired) electrons. The molecule has 0 amide bonds. The van der Waals surface area contributed by atoms with E-state index in [0.29, 0.717) is 5.92 Å². The van der Waals surface area contributed by atoms with Crippen molar-refractivity contribution in [3.8, 4) is 5.75 Å². The molecule has 2 rings (SSSR count). The van der Waals surface area contributed by atoms with Crippen molar-refractivity contribution in [3.05, 3.63) is 29.8 Å². The molecule has 1 fully saturated rings. The Hall–Kier alpha value is -2.08. The van der Waals surface area contributed by atoms with E-state index in [4.69, 9.17) is 24.5 Å². The third-order valence-corrected chi connectivity index (χ3v) is 3.28. The second-order valence-electron chi connectivity index (χ2n) is 6.42. The SMILES string of the molecule is CC(C)(C)Oc1cccc(C2CCNCC2)c1.O=C(O)C(=O)O. The Balaban J connectivity index is 0.000000379. The van der Waals surface area contributed by atoms with E-state index >= 15 is 0 Å². The van der Waals surface area contributed by atoms with Gasteiger partial charge in [-0.15, -0.1) is 0 Å². The van der Waals surface area contributed by atoms with Crippen LogP contribution in [-0.2, 0) is 9.59 Å². The number of benzene rings is 1. The van der Waals surface area contributed by atoms with Crippen molar-refractivity contribution in [1.29, 1.82) is 0 Å². The van der Waals surface area contributed by atoms with Crippen LogP contribution in [0.15, 0.2) is 24.3 Å². The minimum Gasteiger partial charge on any atom is -0.488 e. The van der Waals surface area contributed by atoms with Crippen LogP contribution in [0.25, 0.3) is 0 Å². The summed E-state index contributed by atoms with van der Waals surface area (Å²) in [4.78, 5) is 18.2. The van der Waals surface area contributed by atoms with Crippen LogP contribution in [0.5, 0.6) is 5.75 Å². The first kappa shape index (κ1) is 19.0. The molecule has 1 aliphatic heterocycles. The first-order valence-corrected chi connectivity index (χ1v) is 7.65. The van der Waals surface area contributed by atoms with Gasteiger partial charge in [0.2, 0.25) is 0 Å². The smallest absolute Gasteiger partial charge is 0.414 e. The normalized spacial score (nSPS) is 15.3. The number of hydrogen-bond acceptors (Lipinski definition) is 4. The average molecular weight is 323 g/mol. The maximum Gasteiger partial charge on any atom is 0.414 e. The van der Waals surface area contributed by atoms with Crippen LogP contribution >= 0.6 is 0 Å². The van der Waals surface area contributed by atoms with Crippen LogP contribution in [0.4, 0.5) is 0 Å². The van der Waals surface area contributed by atoms with Gasteiger partial charge in [0.15, 0.2) is 0 Å². The summed E-state index contributed by atoms with van der Waals surface area (Å²) < 4.78 is 5.92. The number of ether oxygens (including phenoxy) is 1. The number of rotatable bonds is 2. The van der Waals surface area contributed by atoms with E-state index in [9.17, 15) is 0 Å². The van der Waals surface area contributed by atoms with E-state index in [1.54, 1.807) is 0 Å². The van der Waals surface area contributed by atoms with Gasteiger partial charge in [0.05, 0.1) is 0 Å². The molecule has 6 heteroatoms. The molecule has 6 nitrogen and oxygen atoms in total. The molecule has 0 aliphatic carbocycles. The van der Waals surface area contributed by atoms with Crippen molar-refractivity contribution in [2.45, 2.75) is 45.1 Å². The Kier molecular flexibility index (Phi) is 7.03. The number of nitrogens with one attached hydrogen (secondary N) is 1. The van der Waals surface area contributed by atoms with Crippen LogP contribution in [-0.4, -0.2) is 40.8 Å². The summed E-state index contributed by atoms with van der Waals surface area (Å²) in [6.45, 7) is 8.53. The summed E-state index contributed by atoms with van der Waals surface area (Å²) in [6, 6.07) is 8.60. The fourth-order valence-corrected chi connectivity index (χ4v) is 2.34. The van der Waals surface area contributed by atoms with E-state index in [1.165, 1.54) is 18.4 Å². The van der Waals surface area contributed by atoms with Crippen molar-refractivity contribution in [1.82, 2.24) is 5.32 Å². The van der Waals surface area contributed by atoms with Gasteiger partial charge in [-0.3, -0.25) is 0 Å². The van der Waals surface area contributed by atoms with Crippen LogP contribution in [0.2, 0.25) is 0 Å². The van der Waals surface area contributed by atoms with Crippen LogP contribution in [0.1, 0.15) is 45.1 Å². The maximum atomic E-state index is 9.10. The van der Waals surface area contributed by atoms with Gasteiger partial charge in [0.1, 0.15) is 11.4 Å². The quantitative estimate of drug-likeness (QED) is 0.724. The fraction of sp³-hybridized carbons (Fsp3) is 0.529. The van der Waals surface area contributed by atoms with E-state index in [2.05, 4.69) is 50.4 Å². The van der Waals surface area contributed by atoms with Crippen LogP contribution < -0.4 is 10.1 Å². The van der Waals surface area contributed by atoms with Gasteiger partial charge in [-0.25, -0.2) is 9.59 Å². The lowest BCUT2D eigenvalue weighted by atomic mass is 9.90. The van der Waals surface area contributed by atoms with Crippen LogP contribution in [0.3, 0.4) is 0 Å². The molecule has 1 saturated heterocycles. The summed E-state index contributed by atoms with van der Waals surface area (Å²) in [5.74, 6) is -1.96. The second kappa shape index (κ2) is 8.53. The number of carboxylic acids is 2. The van der Waals surface area contributed by atoms with E-state index in [1.807, 2.05) is 0 Å². The highest BCUT2D eigenvalue weighted by Gasteiger charge is 2.17. The zero-order valence-corrected chi connectivity index (χ0v) is 13.8. The standard InChI is InChI=1S/C15H23NO.C2H2O4/c1-15(2,3)17-14-6-4-5-13(11-14)12-7-9-16-10-8-12;3-1(4)2(5)6/h4-6,11-12,16H,7-10H2,1-3H3;(H,3,4)(H,5,6). The van der Waals surface area contributed by atoms with Gasteiger partial charge in [-0.2, -0.15) is 0 Å². The molecule has 3 N–H and O–H groups in total. The lowest BCUT2D eigenvalue weighted by Gasteiger charge is -2.25. The summed E-state index contributed by atoms with van der Waals surface area (Å²) in [7, 11) is 0. The van der Waals surface area contributed by atoms with E-state index in [-0.39, 0.29) is 5.60 Å². The van der Waals surface area contributed by atoms with Crippen molar-refractivity contribution in [2.75, 3.05) is 13.1 Å². The minimum atomic E-state index is -1.82. The molecule has 1 heterocycles. The molecular weight excluding hydrogens is 298 g/mol. The second-order valence-corrected chi connectivity index (χ2v) is 6.42. The predicted octanol–water partition coefficient (Wildman–Crippen LogP) is 2.49. The van der Waals surface area contributed by atoms with Gasteiger partial charge < -0.3 is 20.3 Å². The highest BCUT2D eigenvalue weighted by Crippen LogP contribution is 2.28. The molecular formula is C17H25NO5. The van der Waals surface area contributed by atoms with E-state index < -0.39 is 11.9 Å². The van der Waals surface area contributed by atoms with Gasteiger partial charge in [0.25, 0.3) is 0 Å². The molecule has 1 aromatic rings. The first-order chi connectivity index (χ1) is 10.7. The Morgan fingerprint density at radius 3 is 2.17 bits per heavy atom. The number of carboxylic acid groups (broad SMARTS) is 2. The predicted molar refractivity (Wildman–Crippen MR) is 86.9 cm³/mol. The summed E-state index contributed by atoms with van der Waals surface area (Å²) in [6.07, 6.45) is 2.47. The zero-order valence-electron chi connectivity index (χ0n) is 13.8. The molecule has 23 heavy (non-hydrogen) atoms. The molecule has 0 saturated carbocycles. The lowest BCUT2D eigenvalue weighted by Crippen LogP contribution is -2.26. The van der Waals surface area contributed by atoms with Gasteiger partial charge in [-0.1, -0.05) is 12.1 Å². The van der Waals surface area contributed by atoms with E-state index in [0.717, 1.165) is 18.8 Å². The third kappa shape index (κ3) is 7.65. The molecule has 0 bridgehead atoms. The number of hydrogen-bond donors (Lipinski definition) is 3. The summed E-state index contributed by atoms with van der Waals surface area (Å²) >= 11 is 0. The highest BCUT2D eigenvalue weighted by atomic mass is 16.5. The number of aliphatic carboxylic acids is 2. The third-order valence-electron chi connectivity index (χ3n) is 3.28. The summed E-state index contributed by atoms with van der Waals surface area (Å²) in [5, 5.41) is 18.2. The van der Waals surface area contributed by atoms with Crippen molar-refractivity contribution in [3.63, 3.8) is 0 Å². The maximum absolute atomic E-state index is 9.10. The van der Waals surface area contributed by atoms with Crippen molar-refractivity contribution >= 4 is 11.9 Å². The zero-order chi connectivity index (χ0) is 17.5. The average Bonchev–Trinajstić information content (AvgIpc) is 2.47. The number of carbonyl (C=O) groups is 2. The molecule has 0 aromatic heterocycles. The molecule has 0 atom stereocenters. The fourth-order valence-electron chi connectivity index (χ4n) is 2.34. The van der Waals surface area contributed by atoms with Gasteiger partial charge >= 0.3 is 11.9 Å². The largest absolute Gasteiger partial charge is 0.488 e. The topological polar surface area (TPSA) is 95.9 Å². The highest BCUT2D eigenvalue weighted by molar-refractivity contribution is 6.27. The first-order valence-electron chi connectivity index (χ1n) is 7.65. The lowest BCUT2D eigenvalue weighted by molar-refractivity contribution is -0.159. The minimum absolute atomic E-state index is 0.118. The Labute approximate surface area is 136 Å². The van der Waals surface area contributed by atoms with Crippen LogP contribution in [0, 0.1) is 0 Å². The summed E-state index contributed by atoms with van der Waals surface area (Å²) in [5.41, 5.74) is 1.31. The molecule has 1 aliphatic rings. The molecule has 1 aromatic carbocycles. The Bertz CT molecular complexity index is 518. The molecule has 0 spiro atoms. The number of piperidine rings is 1. The Morgan fingerprint density at radius 2 is 1.70 bits per heavy atom. The molecule has 128 valence electrons. The Morgan fingerprint density at radius 1 is 1.13 bits per heavy atom.